The van der Waals surface area contributed by atoms with Gasteiger partial charge in [0.15, 0.2) is 5.82 Å². The van der Waals surface area contributed by atoms with Gasteiger partial charge in [0.1, 0.15) is 0 Å². The number of aryl methyl sites for hydroxylation is 1. The van der Waals surface area contributed by atoms with Gasteiger partial charge < -0.3 is 10.3 Å². The molecule has 0 amide bonds. The smallest absolute Gasteiger partial charge is 0.291 e. The fraction of sp³-hybridized carbons (Fsp3) is 0.222. The second-order valence-electron chi connectivity index (χ2n) is 2.98. The minimum absolute atomic E-state index is 0.248. The minimum atomic E-state index is -0.248. The van der Waals surface area contributed by atoms with Crippen molar-refractivity contribution in [2.24, 2.45) is 0 Å². The lowest BCUT2D eigenvalue weighted by molar-refractivity contribution is 0.660. The standard InChI is InChI=1S/C9H11N5O/c1-2-14-6-7(5-12-14)13-8-9(15)11-4-3-10-8/h3-6H,2H2,1H3,(H,10,13)(H,11,15). The van der Waals surface area contributed by atoms with E-state index in [0.29, 0.717) is 0 Å². The van der Waals surface area contributed by atoms with Gasteiger partial charge in [-0.1, -0.05) is 0 Å². The molecule has 0 fully saturated rings. The van der Waals surface area contributed by atoms with Crippen LogP contribution in [0.25, 0.3) is 0 Å². The van der Waals surface area contributed by atoms with E-state index >= 15 is 0 Å². The maximum absolute atomic E-state index is 11.3. The maximum Gasteiger partial charge on any atom is 0.291 e. The minimum Gasteiger partial charge on any atom is -0.333 e. The van der Waals surface area contributed by atoms with E-state index in [1.807, 2.05) is 13.1 Å². The Bertz CT molecular complexity index is 501. The summed E-state index contributed by atoms with van der Waals surface area (Å²) in [6.07, 6.45) is 6.47. The molecule has 2 rings (SSSR count). The zero-order valence-electron chi connectivity index (χ0n) is 8.27. The lowest BCUT2D eigenvalue weighted by Gasteiger charge is -1.99. The molecule has 6 heteroatoms. The monoisotopic (exact) mass is 205 g/mol. The van der Waals surface area contributed by atoms with Crippen LogP contribution in [0.5, 0.6) is 0 Å². The van der Waals surface area contributed by atoms with Gasteiger partial charge in [0.25, 0.3) is 5.56 Å². The molecule has 78 valence electrons. The Morgan fingerprint density at radius 1 is 1.60 bits per heavy atom. The molecule has 0 spiro atoms. The molecule has 0 atom stereocenters. The van der Waals surface area contributed by atoms with Crippen LogP contribution in [0.1, 0.15) is 6.92 Å². The average molecular weight is 205 g/mol. The van der Waals surface area contributed by atoms with Crippen LogP contribution in [-0.2, 0) is 6.54 Å². The Labute approximate surface area is 86.0 Å². The second-order valence-corrected chi connectivity index (χ2v) is 2.98. The van der Waals surface area contributed by atoms with Gasteiger partial charge >= 0.3 is 0 Å². The molecule has 15 heavy (non-hydrogen) atoms. The molecule has 0 radical (unpaired) electrons. The highest BCUT2D eigenvalue weighted by Crippen LogP contribution is 2.08. The maximum atomic E-state index is 11.3. The number of nitrogens with one attached hydrogen (secondary N) is 2. The van der Waals surface area contributed by atoms with Crippen LogP contribution in [0.3, 0.4) is 0 Å². The van der Waals surface area contributed by atoms with Crippen LogP contribution < -0.4 is 10.9 Å². The molecule has 6 nitrogen and oxygen atoms in total. The van der Waals surface area contributed by atoms with Crippen molar-refractivity contribution >= 4 is 11.5 Å². The van der Waals surface area contributed by atoms with E-state index in [1.54, 1.807) is 10.9 Å². The number of rotatable bonds is 3. The summed E-state index contributed by atoms with van der Waals surface area (Å²) in [6.45, 7) is 2.78. The first kappa shape index (κ1) is 9.45. The Balaban J connectivity index is 2.22. The van der Waals surface area contributed by atoms with E-state index in [0.717, 1.165) is 12.2 Å². The number of hydrogen-bond acceptors (Lipinski definition) is 4. The van der Waals surface area contributed by atoms with Crippen molar-refractivity contribution in [2.75, 3.05) is 5.32 Å². The molecular formula is C9H11N5O. The molecule has 0 aliphatic heterocycles. The summed E-state index contributed by atoms with van der Waals surface area (Å²) in [5, 5.41) is 6.96. The number of aromatic amines is 1. The summed E-state index contributed by atoms with van der Waals surface area (Å²) in [7, 11) is 0. The number of anilines is 2. The normalized spacial score (nSPS) is 10.2. The Morgan fingerprint density at radius 2 is 2.47 bits per heavy atom. The Morgan fingerprint density at radius 3 is 3.13 bits per heavy atom. The summed E-state index contributed by atoms with van der Waals surface area (Å²) in [6, 6.07) is 0. The Kier molecular flexibility index (Phi) is 2.49. The number of aromatic nitrogens is 4. The van der Waals surface area contributed by atoms with Crippen molar-refractivity contribution in [3.05, 3.63) is 35.1 Å². The van der Waals surface area contributed by atoms with Crippen LogP contribution in [0.4, 0.5) is 11.5 Å². The lowest BCUT2D eigenvalue weighted by Crippen LogP contribution is -2.11. The van der Waals surface area contributed by atoms with E-state index in [1.165, 1.54) is 12.4 Å². The van der Waals surface area contributed by atoms with Crippen molar-refractivity contribution < 1.29 is 0 Å². The topological polar surface area (TPSA) is 75.6 Å². The molecule has 0 saturated carbocycles. The zero-order valence-corrected chi connectivity index (χ0v) is 8.27. The van der Waals surface area contributed by atoms with Crippen molar-refractivity contribution in [1.82, 2.24) is 19.7 Å². The molecule has 2 heterocycles. The highest BCUT2D eigenvalue weighted by molar-refractivity contribution is 5.52. The summed E-state index contributed by atoms with van der Waals surface area (Å²) >= 11 is 0. The molecule has 2 N–H and O–H groups in total. The first-order valence-electron chi connectivity index (χ1n) is 4.63. The number of H-pyrrole nitrogens is 1. The van der Waals surface area contributed by atoms with Gasteiger partial charge in [0.2, 0.25) is 0 Å². The summed E-state index contributed by atoms with van der Waals surface area (Å²) in [5.41, 5.74) is 0.503. The molecule has 0 saturated heterocycles. The van der Waals surface area contributed by atoms with E-state index in [4.69, 9.17) is 0 Å². The molecular weight excluding hydrogens is 194 g/mol. The van der Waals surface area contributed by atoms with Gasteiger partial charge in [0, 0.05) is 25.1 Å². The molecule has 2 aromatic heterocycles. The summed E-state index contributed by atoms with van der Waals surface area (Å²) in [4.78, 5) is 17.7. The van der Waals surface area contributed by atoms with Gasteiger partial charge in [-0.2, -0.15) is 5.10 Å². The van der Waals surface area contributed by atoms with Crippen LogP contribution in [0, 0.1) is 0 Å². The Hall–Kier alpha value is -2.11. The first-order chi connectivity index (χ1) is 7.29. The molecule has 0 unspecified atom stereocenters. The van der Waals surface area contributed by atoms with Gasteiger partial charge in [0.05, 0.1) is 11.9 Å². The largest absolute Gasteiger partial charge is 0.333 e. The summed E-state index contributed by atoms with van der Waals surface area (Å²) < 4.78 is 1.76. The molecule has 0 aliphatic rings. The third-order valence-electron chi connectivity index (χ3n) is 1.93. The molecule has 0 bridgehead atoms. The highest BCUT2D eigenvalue weighted by Gasteiger charge is 2.01. The first-order valence-corrected chi connectivity index (χ1v) is 4.63. The van der Waals surface area contributed by atoms with E-state index in [2.05, 4.69) is 20.4 Å². The molecule has 0 aromatic carbocycles. The van der Waals surface area contributed by atoms with Crippen LogP contribution in [-0.4, -0.2) is 19.7 Å². The van der Waals surface area contributed by atoms with Crippen LogP contribution in [0.2, 0.25) is 0 Å². The second kappa shape index (κ2) is 3.95. The quantitative estimate of drug-likeness (QED) is 0.774. The third-order valence-corrected chi connectivity index (χ3v) is 1.93. The van der Waals surface area contributed by atoms with E-state index in [9.17, 15) is 4.79 Å². The van der Waals surface area contributed by atoms with Gasteiger partial charge in [-0.05, 0) is 6.92 Å². The van der Waals surface area contributed by atoms with Gasteiger partial charge in [-0.3, -0.25) is 9.48 Å². The van der Waals surface area contributed by atoms with Crippen molar-refractivity contribution in [1.29, 1.82) is 0 Å². The van der Waals surface area contributed by atoms with Crippen molar-refractivity contribution in [2.45, 2.75) is 13.5 Å². The SMILES string of the molecule is CCn1cc(Nc2ncc[nH]c2=O)cn1. The number of nitrogens with zero attached hydrogens (tertiary/aromatic N) is 3. The van der Waals surface area contributed by atoms with E-state index in [-0.39, 0.29) is 11.4 Å². The van der Waals surface area contributed by atoms with Crippen LogP contribution >= 0.6 is 0 Å². The van der Waals surface area contributed by atoms with Crippen molar-refractivity contribution in [3.8, 4) is 0 Å². The third kappa shape index (κ3) is 2.04. The molecule has 2 aromatic rings. The fourth-order valence-electron chi connectivity index (χ4n) is 1.18. The van der Waals surface area contributed by atoms with E-state index < -0.39 is 0 Å². The number of hydrogen-bond donors (Lipinski definition) is 2. The lowest BCUT2D eigenvalue weighted by atomic mass is 10.5. The van der Waals surface area contributed by atoms with Crippen molar-refractivity contribution in [3.63, 3.8) is 0 Å². The summed E-state index contributed by atoms with van der Waals surface area (Å²) in [5.74, 6) is 0.271. The highest BCUT2D eigenvalue weighted by atomic mass is 16.1. The van der Waals surface area contributed by atoms with Crippen LogP contribution in [0.15, 0.2) is 29.6 Å². The predicted octanol–water partition coefficient (Wildman–Crippen LogP) is 0.730. The molecule has 0 aliphatic carbocycles. The predicted molar refractivity (Wildman–Crippen MR) is 56.0 cm³/mol. The fourth-order valence-corrected chi connectivity index (χ4v) is 1.18. The van der Waals surface area contributed by atoms with Gasteiger partial charge in [-0.25, -0.2) is 4.98 Å². The average Bonchev–Trinajstić information content (AvgIpc) is 2.69. The van der Waals surface area contributed by atoms with Gasteiger partial charge in [-0.15, -0.1) is 0 Å². The zero-order chi connectivity index (χ0) is 10.7.